The summed E-state index contributed by atoms with van der Waals surface area (Å²) < 4.78 is 0. The van der Waals surface area contributed by atoms with Crippen molar-refractivity contribution in [2.45, 2.75) is 44.6 Å². The van der Waals surface area contributed by atoms with Crippen molar-refractivity contribution in [3.05, 3.63) is 48.0 Å². The largest absolute Gasteiger partial charge is 0.480 e. The van der Waals surface area contributed by atoms with E-state index in [1.165, 1.54) is 24.3 Å². The number of carboxylic acid groups (broad SMARTS) is 1. The molecule has 122 valence electrons. The number of carbonyl (C=O) groups is 2. The molecular formula is C18H22N2O3. The van der Waals surface area contributed by atoms with Crippen molar-refractivity contribution in [3.8, 4) is 6.07 Å². The number of carboxylic acids is 1. The summed E-state index contributed by atoms with van der Waals surface area (Å²) in [5, 5.41) is 20.5. The highest BCUT2D eigenvalue weighted by Crippen LogP contribution is 2.09. The fraction of sp³-hybridized carbons (Fsp3) is 0.389. The highest BCUT2D eigenvalue weighted by atomic mass is 16.4. The van der Waals surface area contributed by atoms with Crippen LogP contribution in [0.1, 0.15) is 54.4 Å². The third kappa shape index (κ3) is 6.79. The Kier molecular flexibility index (Phi) is 8.16. The standard InChI is InChI=1S/C18H22N2O3/c1-2-3-4-5-6-7-8-16(18(22)23)20-17(21)15-11-9-14(13-19)10-12-15/h2,9-12,16H,1,3-8H2,(H,20,21)(H,22,23)/t16-/m0/s1. The Bertz CT molecular complexity index is 573. The molecule has 0 aromatic heterocycles. The van der Waals surface area contributed by atoms with Crippen LogP contribution in [0.3, 0.4) is 0 Å². The number of carbonyl (C=O) groups excluding carboxylic acids is 1. The van der Waals surface area contributed by atoms with E-state index in [2.05, 4.69) is 11.9 Å². The Morgan fingerprint density at radius 2 is 1.87 bits per heavy atom. The van der Waals surface area contributed by atoms with Crippen molar-refractivity contribution >= 4 is 11.9 Å². The van der Waals surface area contributed by atoms with Crippen molar-refractivity contribution in [2.24, 2.45) is 0 Å². The molecule has 0 saturated carbocycles. The minimum absolute atomic E-state index is 0.348. The summed E-state index contributed by atoms with van der Waals surface area (Å²) in [7, 11) is 0. The van der Waals surface area contributed by atoms with Crippen LogP contribution in [0.4, 0.5) is 0 Å². The third-order valence-corrected chi connectivity index (χ3v) is 3.53. The second-order valence-electron chi connectivity index (χ2n) is 5.33. The molecule has 0 aliphatic carbocycles. The average molecular weight is 314 g/mol. The zero-order valence-electron chi connectivity index (χ0n) is 13.1. The first-order valence-electron chi connectivity index (χ1n) is 7.73. The van der Waals surface area contributed by atoms with E-state index in [1.54, 1.807) is 0 Å². The Labute approximate surface area is 136 Å². The first-order chi connectivity index (χ1) is 11.1. The number of nitriles is 1. The molecular weight excluding hydrogens is 292 g/mol. The van der Waals surface area contributed by atoms with Crippen LogP contribution in [0.2, 0.25) is 0 Å². The number of hydrogen-bond acceptors (Lipinski definition) is 3. The van der Waals surface area contributed by atoms with Gasteiger partial charge in [-0.3, -0.25) is 4.79 Å². The van der Waals surface area contributed by atoms with Gasteiger partial charge < -0.3 is 10.4 Å². The van der Waals surface area contributed by atoms with Gasteiger partial charge in [-0.25, -0.2) is 4.79 Å². The molecule has 1 aromatic carbocycles. The van der Waals surface area contributed by atoms with Crippen molar-refractivity contribution in [1.29, 1.82) is 5.26 Å². The fourth-order valence-corrected chi connectivity index (χ4v) is 2.19. The number of nitrogens with one attached hydrogen (secondary N) is 1. The Balaban J connectivity index is 2.48. The summed E-state index contributed by atoms with van der Waals surface area (Å²) in [5.74, 6) is -1.47. The van der Waals surface area contributed by atoms with Crippen LogP contribution in [-0.4, -0.2) is 23.0 Å². The molecule has 1 atom stereocenters. The lowest BCUT2D eigenvalue weighted by Crippen LogP contribution is -2.40. The fourth-order valence-electron chi connectivity index (χ4n) is 2.19. The Morgan fingerprint density at radius 1 is 1.22 bits per heavy atom. The molecule has 0 bridgehead atoms. The third-order valence-electron chi connectivity index (χ3n) is 3.53. The number of hydrogen-bond donors (Lipinski definition) is 2. The summed E-state index contributed by atoms with van der Waals surface area (Å²) in [6, 6.07) is 7.17. The van der Waals surface area contributed by atoms with Gasteiger partial charge in [0.05, 0.1) is 11.6 Å². The molecule has 0 fully saturated rings. The molecule has 23 heavy (non-hydrogen) atoms. The molecule has 1 rings (SSSR count). The number of unbranched alkanes of at least 4 members (excludes halogenated alkanes) is 4. The molecule has 2 N–H and O–H groups in total. The van der Waals surface area contributed by atoms with Crippen LogP contribution in [-0.2, 0) is 4.79 Å². The van der Waals surface area contributed by atoms with Crippen LogP contribution in [0.15, 0.2) is 36.9 Å². The molecule has 1 aromatic rings. The van der Waals surface area contributed by atoms with Crippen molar-refractivity contribution in [3.63, 3.8) is 0 Å². The van der Waals surface area contributed by atoms with Crippen molar-refractivity contribution in [1.82, 2.24) is 5.32 Å². The predicted octanol–water partition coefficient (Wildman–Crippen LogP) is 3.27. The lowest BCUT2D eigenvalue weighted by Gasteiger charge is -2.14. The number of allylic oxidation sites excluding steroid dienone is 1. The maximum atomic E-state index is 12.1. The van der Waals surface area contributed by atoms with E-state index in [0.29, 0.717) is 17.5 Å². The lowest BCUT2D eigenvalue weighted by atomic mass is 10.1. The molecule has 0 aliphatic heterocycles. The normalized spacial score (nSPS) is 11.3. The van der Waals surface area contributed by atoms with E-state index in [1.807, 2.05) is 12.1 Å². The molecule has 0 radical (unpaired) electrons. The van der Waals surface area contributed by atoms with Gasteiger partial charge in [-0.15, -0.1) is 6.58 Å². The van der Waals surface area contributed by atoms with E-state index in [4.69, 9.17) is 5.26 Å². The van der Waals surface area contributed by atoms with E-state index < -0.39 is 17.9 Å². The summed E-state index contributed by atoms with van der Waals surface area (Å²) in [6.07, 6.45) is 7.02. The first kappa shape index (κ1) is 18.4. The van der Waals surface area contributed by atoms with Gasteiger partial charge in [0.1, 0.15) is 6.04 Å². The molecule has 5 heteroatoms. The van der Waals surface area contributed by atoms with E-state index >= 15 is 0 Å². The van der Waals surface area contributed by atoms with Gasteiger partial charge in [-0.2, -0.15) is 5.26 Å². The smallest absolute Gasteiger partial charge is 0.326 e. The maximum absolute atomic E-state index is 12.1. The number of aliphatic carboxylic acids is 1. The van der Waals surface area contributed by atoms with Gasteiger partial charge in [-0.05, 0) is 43.5 Å². The second kappa shape index (κ2) is 10.2. The molecule has 0 aliphatic rings. The highest BCUT2D eigenvalue weighted by molar-refractivity contribution is 5.96. The minimum Gasteiger partial charge on any atom is -0.480 e. The summed E-state index contributed by atoms with van der Waals surface area (Å²) >= 11 is 0. The molecule has 5 nitrogen and oxygen atoms in total. The van der Waals surface area contributed by atoms with Crippen molar-refractivity contribution < 1.29 is 14.7 Å². The van der Waals surface area contributed by atoms with Gasteiger partial charge in [0, 0.05) is 5.56 Å². The molecule has 0 saturated heterocycles. The number of rotatable bonds is 10. The topological polar surface area (TPSA) is 90.2 Å². The van der Waals surface area contributed by atoms with Crippen LogP contribution in [0.5, 0.6) is 0 Å². The number of benzene rings is 1. The molecule has 0 unspecified atom stereocenters. The predicted molar refractivity (Wildman–Crippen MR) is 87.9 cm³/mol. The monoisotopic (exact) mass is 314 g/mol. The number of nitrogens with zero attached hydrogens (tertiary/aromatic N) is 1. The number of amides is 1. The maximum Gasteiger partial charge on any atom is 0.326 e. The van der Waals surface area contributed by atoms with Gasteiger partial charge in [0.25, 0.3) is 5.91 Å². The Morgan fingerprint density at radius 3 is 2.43 bits per heavy atom. The van der Waals surface area contributed by atoms with Crippen LogP contribution >= 0.6 is 0 Å². The zero-order valence-corrected chi connectivity index (χ0v) is 13.1. The van der Waals surface area contributed by atoms with E-state index in [9.17, 15) is 14.7 Å². The van der Waals surface area contributed by atoms with E-state index in [-0.39, 0.29) is 0 Å². The van der Waals surface area contributed by atoms with Gasteiger partial charge in [0.15, 0.2) is 0 Å². The average Bonchev–Trinajstić information content (AvgIpc) is 2.56. The van der Waals surface area contributed by atoms with Gasteiger partial charge >= 0.3 is 5.97 Å². The van der Waals surface area contributed by atoms with Crippen LogP contribution in [0.25, 0.3) is 0 Å². The highest BCUT2D eigenvalue weighted by Gasteiger charge is 2.20. The van der Waals surface area contributed by atoms with Crippen molar-refractivity contribution in [2.75, 3.05) is 0 Å². The summed E-state index contributed by atoms with van der Waals surface area (Å²) in [6.45, 7) is 3.66. The summed E-state index contributed by atoms with van der Waals surface area (Å²) in [4.78, 5) is 23.3. The molecule has 0 spiro atoms. The van der Waals surface area contributed by atoms with Crippen LogP contribution in [0, 0.1) is 11.3 Å². The SMILES string of the molecule is C=CCCCCCC[C@H](NC(=O)c1ccc(C#N)cc1)C(=O)O. The zero-order chi connectivity index (χ0) is 17.1. The quantitative estimate of drug-likeness (QED) is 0.512. The van der Waals surface area contributed by atoms with Gasteiger partial charge in [-0.1, -0.05) is 25.3 Å². The Hall–Kier alpha value is -2.61. The van der Waals surface area contributed by atoms with Crippen LogP contribution < -0.4 is 5.32 Å². The molecule has 0 heterocycles. The minimum atomic E-state index is -1.03. The second-order valence-corrected chi connectivity index (χ2v) is 5.33. The lowest BCUT2D eigenvalue weighted by molar-refractivity contribution is -0.139. The van der Waals surface area contributed by atoms with Gasteiger partial charge in [0.2, 0.25) is 0 Å². The first-order valence-corrected chi connectivity index (χ1v) is 7.73. The summed E-state index contributed by atoms with van der Waals surface area (Å²) in [5.41, 5.74) is 0.803. The van der Waals surface area contributed by atoms with E-state index in [0.717, 1.165) is 32.1 Å². The molecule has 1 amide bonds.